The number of sulfonamides is 2. The zero-order chi connectivity index (χ0) is 20.4. The van der Waals surface area contributed by atoms with Crippen LogP contribution in [0.25, 0.3) is 0 Å². The van der Waals surface area contributed by atoms with Gasteiger partial charge in [0.25, 0.3) is 0 Å². The maximum atomic E-state index is 14.0. The van der Waals surface area contributed by atoms with Gasteiger partial charge >= 0.3 is 0 Å². The Morgan fingerprint density at radius 2 is 1.86 bits per heavy atom. The third kappa shape index (κ3) is 6.44. The number of rotatable bonds is 7. The molecule has 2 N–H and O–H groups in total. The van der Waals surface area contributed by atoms with Gasteiger partial charge in [-0.05, 0) is 63.1 Å². The minimum Gasteiger partial charge on any atom is -0.385 e. The third-order valence-corrected chi connectivity index (χ3v) is 8.76. The lowest BCUT2D eigenvalue weighted by Crippen LogP contribution is -2.39. The topological polar surface area (TPSA) is 95.6 Å². The lowest BCUT2D eigenvalue weighted by atomic mass is 9.86. The highest BCUT2D eigenvalue weighted by molar-refractivity contribution is 7.93. The van der Waals surface area contributed by atoms with Gasteiger partial charge in [-0.25, -0.2) is 25.9 Å². The van der Waals surface area contributed by atoms with Crippen LogP contribution in [0, 0.1) is 11.7 Å². The Kier molecular flexibility index (Phi) is 8.17. The number of nitrogens with zero attached hydrogens (tertiary/aromatic N) is 1. The molecule has 0 amide bonds. The van der Waals surface area contributed by atoms with Crippen molar-refractivity contribution in [1.82, 2.24) is 4.72 Å². The maximum Gasteiger partial charge on any atom is 0.235 e. The van der Waals surface area contributed by atoms with Crippen molar-refractivity contribution in [2.45, 2.75) is 45.1 Å². The van der Waals surface area contributed by atoms with Crippen molar-refractivity contribution in [3.8, 4) is 0 Å². The molecule has 166 valence electrons. The van der Waals surface area contributed by atoms with Gasteiger partial charge in [0, 0.05) is 24.8 Å². The van der Waals surface area contributed by atoms with Crippen LogP contribution >= 0.6 is 12.4 Å². The molecule has 0 radical (unpaired) electrons. The standard InChI is InChI=1S/C18H28FN3O4S2.ClH/c1-2-27(23,24)21-16-6-4-14(5-7-16)13-20-17-10-15(19)11-18(12-17)22-8-3-9-28(22,25)26;/h10-12,14,16,20-21H,2-9,13H2,1H3;1H. The van der Waals surface area contributed by atoms with E-state index in [1.807, 2.05) is 0 Å². The lowest BCUT2D eigenvalue weighted by Gasteiger charge is -2.29. The molecule has 1 aromatic rings. The number of benzene rings is 1. The van der Waals surface area contributed by atoms with E-state index in [0.29, 0.717) is 36.8 Å². The summed E-state index contributed by atoms with van der Waals surface area (Å²) >= 11 is 0. The fourth-order valence-electron chi connectivity index (χ4n) is 3.83. The van der Waals surface area contributed by atoms with E-state index in [2.05, 4.69) is 10.0 Å². The van der Waals surface area contributed by atoms with Crippen LogP contribution in [-0.2, 0) is 20.0 Å². The molecule has 7 nitrogen and oxygen atoms in total. The molecule has 11 heteroatoms. The number of hydrogen-bond acceptors (Lipinski definition) is 5. The molecular weight excluding hydrogens is 441 g/mol. The number of anilines is 2. The summed E-state index contributed by atoms with van der Waals surface area (Å²) in [7, 11) is -6.53. The van der Waals surface area contributed by atoms with E-state index in [0.717, 1.165) is 25.7 Å². The van der Waals surface area contributed by atoms with Gasteiger partial charge in [-0.1, -0.05) is 0 Å². The molecule has 0 aromatic heterocycles. The van der Waals surface area contributed by atoms with E-state index in [1.165, 1.54) is 16.4 Å². The van der Waals surface area contributed by atoms with Crippen molar-refractivity contribution in [3.63, 3.8) is 0 Å². The second-order valence-electron chi connectivity index (χ2n) is 7.56. The summed E-state index contributed by atoms with van der Waals surface area (Å²) in [5.41, 5.74) is 0.920. The van der Waals surface area contributed by atoms with Gasteiger partial charge in [-0.15, -0.1) is 12.4 Å². The molecule has 2 fully saturated rings. The summed E-state index contributed by atoms with van der Waals surface area (Å²) in [4.78, 5) is 0. The van der Waals surface area contributed by atoms with Crippen LogP contribution < -0.4 is 14.3 Å². The zero-order valence-electron chi connectivity index (χ0n) is 16.4. The molecule has 0 unspecified atom stereocenters. The van der Waals surface area contributed by atoms with Crippen LogP contribution in [0.1, 0.15) is 39.0 Å². The van der Waals surface area contributed by atoms with Gasteiger partial charge in [-0.3, -0.25) is 4.31 Å². The highest BCUT2D eigenvalue weighted by Crippen LogP contribution is 2.29. The smallest absolute Gasteiger partial charge is 0.235 e. The number of hydrogen-bond donors (Lipinski definition) is 2. The molecule has 1 aliphatic heterocycles. The Morgan fingerprint density at radius 1 is 1.17 bits per heavy atom. The average molecular weight is 470 g/mol. The molecule has 1 saturated heterocycles. The van der Waals surface area contributed by atoms with E-state index in [1.54, 1.807) is 13.0 Å². The van der Waals surface area contributed by atoms with Gasteiger partial charge in [0.2, 0.25) is 20.0 Å². The molecular formula is C18H29ClFN3O4S2. The Labute approximate surface area is 178 Å². The van der Waals surface area contributed by atoms with Gasteiger partial charge < -0.3 is 5.32 Å². The first-order valence-electron chi connectivity index (χ1n) is 9.73. The average Bonchev–Trinajstić information content (AvgIpc) is 2.99. The summed E-state index contributed by atoms with van der Waals surface area (Å²) < 4.78 is 65.5. The van der Waals surface area contributed by atoms with Crippen LogP contribution in [0.2, 0.25) is 0 Å². The minimum atomic E-state index is -3.35. The predicted molar refractivity (Wildman–Crippen MR) is 116 cm³/mol. The van der Waals surface area contributed by atoms with Crippen LogP contribution in [0.3, 0.4) is 0 Å². The van der Waals surface area contributed by atoms with Gasteiger partial charge in [-0.2, -0.15) is 0 Å². The quantitative estimate of drug-likeness (QED) is 0.640. The molecule has 1 aromatic carbocycles. The van der Waals surface area contributed by atoms with Crippen LogP contribution in [0.15, 0.2) is 18.2 Å². The highest BCUT2D eigenvalue weighted by Gasteiger charge is 2.29. The summed E-state index contributed by atoms with van der Waals surface area (Å²) in [5, 5.41) is 3.22. The van der Waals surface area contributed by atoms with E-state index in [-0.39, 0.29) is 30.0 Å². The van der Waals surface area contributed by atoms with Crippen LogP contribution in [-0.4, -0.2) is 47.5 Å². The van der Waals surface area contributed by atoms with Crippen molar-refractivity contribution in [2.24, 2.45) is 5.92 Å². The first-order valence-corrected chi connectivity index (χ1v) is 13.0. The first kappa shape index (κ1) is 24.2. The number of nitrogens with one attached hydrogen (secondary N) is 2. The lowest BCUT2D eigenvalue weighted by molar-refractivity contribution is 0.324. The van der Waals surface area contributed by atoms with Crippen molar-refractivity contribution in [1.29, 1.82) is 0 Å². The molecule has 0 spiro atoms. The fraction of sp³-hybridized carbons (Fsp3) is 0.667. The second kappa shape index (κ2) is 9.80. The SMILES string of the molecule is CCS(=O)(=O)NC1CCC(CNc2cc(F)cc(N3CCCS3(=O)=O)c2)CC1.Cl. The summed E-state index contributed by atoms with van der Waals surface area (Å²) in [6.45, 7) is 2.64. The molecule has 29 heavy (non-hydrogen) atoms. The Bertz CT molecular complexity index is 904. The van der Waals surface area contributed by atoms with Crippen molar-refractivity contribution in [2.75, 3.05) is 34.2 Å². The monoisotopic (exact) mass is 469 g/mol. The normalized spacial score (nSPS) is 24.1. The molecule has 1 heterocycles. The Morgan fingerprint density at radius 3 is 2.45 bits per heavy atom. The predicted octanol–water partition coefficient (Wildman–Crippen LogP) is 2.70. The molecule has 1 saturated carbocycles. The maximum absolute atomic E-state index is 14.0. The second-order valence-corrected chi connectivity index (χ2v) is 11.6. The van der Waals surface area contributed by atoms with E-state index in [4.69, 9.17) is 0 Å². The van der Waals surface area contributed by atoms with E-state index >= 15 is 0 Å². The molecule has 2 aliphatic rings. The Balaban J connectivity index is 0.00000300. The summed E-state index contributed by atoms with van der Waals surface area (Å²) in [6, 6.07) is 4.28. The summed E-state index contributed by atoms with van der Waals surface area (Å²) in [5.74, 6) is 0.0739. The third-order valence-electron chi connectivity index (χ3n) is 5.44. The highest BCUT2D eigenvalue weighted by atomic mass is 35.5. The molecule has 1 aliphatic carbocycles. The minimum absolute atomic E-state index is 0. The van der Waals surface area contributed by atoms with Crippen molar-refractivity contribution < 1.29 is 21.2 Å². The Hall–Kier alpha value is -1.10. The van der Waals surface area contributed by atoms with Gasteiger partial charge in [0.1, 0.15) is 5.82 Å². The first-order chi connectivity index (χ1) is 13.2. The van der Waals surface area contributed by atoms with E-state index in [9.17, 15) is 21.2 Å². The largest absolute Gasteiger partial charge is 0.385 e. The molecule has 0 bridgehead atoms. The van der Waals surface area contributed by atoms with Crippen LogP contribution in [0.4, 0.5) is 15.8 Å². The zero-order valence-corrected chi connectivity index (χ0v) is 18.9. The number of halogens is 2. The van der Waals surface area contributed by atoms with Crippen molar-refractivity contribution >= 4 is 43.8 Å². The van der Waals surface area contributed by atoms with Crippen LogP contribution in [0.5, 0.6) is 0 Å². The van der Waals surface area contributed by atoms with Gasteiger partial charge in [0.15, 0.2) is 0 Å². The fourth-order valence-corrected chi connectivity index (χ4v) is 6.29. The summed E-state index contributed by atoms with van der Waals surface area (Å²) in [6.07, 6.45) is 3.88. The van der Waals surface area contributed by atoms with Gasteiger partial charge in [0.05, 0.1) is 17.2 Å². The van der Waals surface area contributed by atoms with Crippen molar-refractivity contribution in [3.05, 3.63) is 24.0 Å². The van der Waals surface area contributed by atoms with E-state index < -0.39 is 25.9 Å². The molecule has 0 atom stereocenters. The molecule has 3 rings (SSSR count).